The Balaban J connectivity index is 1.68. The highest BCUT2D eigenvalue weighted by atomic mass is 19.1. The minimum Gasteiger partial charge on any atom is -0.374 e. The maximum atomic E-state index is 13.2. The molecule has 0 saturated carbocycles. The van der Waals surface area contributed by atoms with Crippen LogP contribution in [-0.2, 0) is 11.2 Å². The molecule has 0 aliphatic carbocycles. The van der Waals surface area contributed by atoms with Crippen molar-refractivity contribution in [3.8, 4) is 0 Å². The molecule has 2 aromatic rings. The minimum atomic E-state index is -0.202. The molecule has 0 N–H and O–H groups in total. The average molecular weight is 287 g/mol. The molecule has 0 unspecified atom stereocenters. The summed E-state index contributed by atoms with van der Waals surface area (Å²) in [6.45, 7) is 4.18. The van der Waals surface area contributed by atoms with Crippen molar-refractivity contribution in [3.05, 3.63) is 53.7 Å². The van der Waals surface area contributed by atoms with Crippen LogP contribution in [0.3, 0.4) is 0 Å². The van der Waals surface area contributed by atoms with Gasteiger partial charge in [0.15, 0.2) is 0 Å². The molecule has 1 atom stereocenters. The summed E-state index contributed by atoms with van der Waals surface area (Å²) in [6.07, 6.45) is 2.34. The van der Waals surface area contributed by atoms with E-state index in [0.717, 1.165) is 30.2 Å². The average Bonchev–Trinajstić information content (AvgIpc) is 2.47. The highest BCUT2D eigenvalue weighted by molar-refractivity contribution is 5.39. The van der Waals surface area contributed by atoms with E-state index in [4.69, 9.17) is 4.74 Å². The number of aryl methyl sites for hydroxylation is 1. The lowest BCUT2D eigenvalue weighted by Gasteiger charge is -2.33. The second-order valence-electron chi connectivity index (χ2n) is 5.29. The Morgan fingerprint density at radius 3 is 3.05 bits per heavy atom. The lowest BCUT2D eigenvalue weighted by molar-refractivity contribution is 0.0407. The molecule has 0 amide bonds. The van der Waals surface area contributed by atoms with Gasteiger partial charge in [-0.15, -0.1) is 0 Å². The number of ether oxygens (including phenoxy) is 1. The molecular weight excluding hydrogens is 269 g/mol. The van der Waals surface area contributed by atoms with Crippen molar-refractivity contribution in [2.24, 2.45) is 0 Å². The summed E-state index contributed by atoms with van der Waals surface area (Å²) in [5, 5.41) is 0. The lowest BCUT2D eigenvalue weighted by Crippen LogP contribution is -2.43. The molecule has 3 rings (SSSR count). The molecular formula is C16H18FN3O. The number of hydrogen-bond donors (Lipinski definition) is 0. The summed E-state index contributed by atoms with van der Waals surface area (Å²) >= 11 is 0. The van der Waals surface area contributed by atoms with Crippen LogP contribution in [0.2, 0.25) is 0 Å². The van der Waals surface area contributed by atoms with Crippen molar-refractivity contribution in [2.45, 2.75) is 19.4 Å². The number of nitrogens with zero attached hydrogens (tertiary/aromatic N) is 3. The maximum Gasteiger partial charge on any atom is 0.132 e. The SMILES string of the molecule is Cc1cc(N2CCO[C@@H](Cc3cccc(F)c3)C2)ncn1. The molecule has 1 aromatic heterocycles. The van der Waals surface area contributed by atoms with E-state index in [1.54, 1.807) is 18.5 Å². The van der Waals surface area contributed by atoms with Crippen LogP contribution in [0, 0.1) is 12.7 Å². The molecule has 0 bridgehead atoms. The third kappa shape index (κ3) is 3.55. The first-order valence-electron chi connectivity index (χ1n) is 7.10. The monoisotopic (exact) mass is 287 g/mol. The molecule has 1 fully saturated rings. The highest BCUT2D eigenvalue weighted by Gasteiger charge is 2.22. The zero-order valence-corrected chi connectivity index (χ0v) is 12.0. The topological polar surface area (TPSA) is 38.2 Å². The van der Waals surface area contributed by atoms with Gasteiger partial charge in [-0.05, 0) is 24.6 Å². The molecule has 0 spiro atoms. The fourth-order valence-electron chi connectivity index (χ4n) is 2.59. The predicted octanol–water partition coefficient (Wildman–Crippen LogP) is 2.37. The number of hydrogen-bond acceptors (Lipinski definition) is 4. The Morgan fingerprint density at radius 1 is 1.33 bits per heavy atom. The van der Waals surface area contributed by atoms with E-state index in [0.29, 0.717) is 13.0 Å². The van der Waals surface area contributed by atoms with E-state index in [-0.39, 0.29) is 11.9 Å². The van der Waals surface area contributed by atoms with E-state index in [1.165, 1.54) is 6.07 Å². The summed E-state index contributed by atoms with van der Waals surface area (Å²) in [5.74, 6) is 0.724. The van der Waals surface area contributed by atoms with Gasteiger partial charge in [-0.1, -0.05) is 12.1 Å². The fourth-order valence-corrected chi connectivity index (χ4v) is 2.59. The Hall–Kier alpha value is -2.01. The number of morpholine rings is 1. The van der Waals surface area contributed by atoms with Crippen LogP contribution in [0.1, 0.15) is 11.3 Å². The second kappa shape index (κ2) is 6.18. The molecule has 1 aromatic carbocycles. The Labute approximate surface area is 123 Å². The van der Waals surface area contributed by atoms with Crippen LogP contribution in [0.4, 0.5) is 10.2 Å². The molecule has 110 valence electrons. The minimum absolute atomic E-state index is 0.0517. The Kier molecular flexibility index (Phi) is 4.10. The fraction of sp³-hybridized carbons (Fsp3) is 0.375. The Morgan fingerprint density at radius 2 is 2.24 bits per heavy atom. The van der Waals surface area contributed by atoms with Crippen LogP contribution in [0.15, 0.2) is 36.7 Å². The van der Waals surface area contributed by atoms with Crippen LogP contribution in [0.25, 0.3) is 0 Å². The lowest BCUT2D eigenvalue weighted by atomic mass is 10.1. The third-order valence-electron chi connectivity index (χ3n) is 3.60. The van der Waals surface area contributed by atoms with Crippen LogP contribution in [-0.4, -0.2) is 35.8 Å². The van der Waals surface area contributed by atoms with E-state index in [2.05, 4.69) is 14.9 Å². The number of anilines is 1. The molecule has 1 saturated heterocycles. The van der Waals surface area contributed by atoms with Gasteiger partial charge in [0.2, 0.25) is 0 Å². The molecule has 1 aliphatic heterocycles. The van der Waals surface area contributed by atoms with Gasteiger partial charge in [0.25, 0.3) is 0 Å². The molecule has 4 nitrogen and oxygen atoms in total. The van der Waals surface area contributed by atoms with Crippen LogP contribution >= 0.6 is 0 Å². The molecule has 2 heterocycles. The summed E-state index contributed by atoms with van der Waals surface area (Å²) in [5.41, 5.74) is 1.91. The first-order valence-corrected chi connectivity index (χ1v) is 7.10. The van der Waals surface area contributed by atoms with Crippen molar-refractivity contribution < 1.29 is 9.13 Å². The number of benzene rings is 1. The van der Waals surface area contributed by atoms with Crippen molar-refractivity contribution in [3.63, 3.8) is 0 Å². The summed E-state index contributed by atoms with van der Waals surface area (Å²) in [4.78, 5) is 10.6. The van der Waals surface area contributed by atoms with Gasteiger partial charge in [-0.25, -0.2) is 14.4 Å². The van der Waals surface area contributed by atoms with E-state index in [9.17, 15) is 4.39 Å². The Bertz CT molecular complexity index is 620. The quantitative estimate of drug-likeness (QED) is 0.868. The number of halogens is 1. The molecule has 1 aliphatic rings. The van der Waals surface area contributed by atoms with E-state index in [1.807, 2.05) is 19.1 Å². The largest absolute Gasteiger partial charge is 0.374 e. The van der Waals surface area contributed by atoms with Gasteiger partial charge in [0.1, 0.15) is 18.0 Å². The van der Waals surface area contributed by atoms with Crippen molar-refractivity contribution in [1.29, 1.82) is 0 Å². The summed E-state index contributed by atoms with van der Waals surface area (Å²) in [6, 6.07) is 8.67. The molecule has 21 heavy (non-hydrogen) atoms. The van der Waals surface area contributed by atoms with Gasteiger partial charge in [0, 0.05) is 31.3 Å². The third-order valence-corrected chi connectivity index (χ3v) is 3.60. The summed E-state index contributed by atoms with van der Waals surface area (Å²) in [7, 11) is 0. The van der Waals surface area contributed by atoms with Gasteiger partial charge in [-0.2, -0.15) is 0 Å². The number of aromatic nitrogens is 2. The first-order chi connectivity index (χ1) is 10.2. The van der Waals surface area contributed by atoms with Gasteiger partial charge in [-0.3, -0.25) is 0 Å². The normalized spacial score (nSPS) is 18.8. The molecule has 0 radical (unpaired) electrons. The first kappa shape index (κ1) is 13.9. The van der Waals surface area contributed by atoms with Crippen molar-refractivity contribution in [2.75, 3.05) is 24.6 Å². The second-order valence-corrected chi connectivity index (χ2v) is 5.29. The predicted molar refractivity (Wildman–Crippen MR) is 78.8 cm³/mol. The van der Waals surface area contributed by atoms with Crippen LogP contribution < -0.4 is 4.90 Å². The van der Waals surface area contributed by atoms with Gasteiger partial charge in [0.05, 0.1) is 12.7 Å². The van der Waals surface area contributed by atoms with Gasteiger partial charge >= 0.3 is 0 Å². The zero-order chi connectivity index (χ0) is 14.7. The number of rotatable bonds is 3. The highest BCUT2D eigenvalue weighted by Crippen LogP contribution is 2.18. The van der Waals surface area contributed by atoms with Crippen molar-refractivity contribution in [1.82, 2.24) is 9.97 Å². The van der Waals surface area contributed by atoms with Gasteiger partial charge < -0.3 is 9.64 Å². The van der Waals surface area contributed by atoms with Crippen LogP contribution in [0.5, 0.6) is 0 Å². The van der Waals surface area contributed by atoms with E-state index >= 15 is 0 Å². The molecule has 5 heteroatoms. The van der Waals surface area contributed by atoms with E-state index < -0.39 is 0 Å². The summed E-state index contributed by atoms with van der Waals surface area (Å²) < 4.78 is 19.0. The smallest absolute Gasteiger partial charge is 0.132 e. The zero-order valence-electron chi connectivity index (χ0n) is 12.0. The van der Waals surface area contributed by atoms with Crippen molar-refractivity contribution >= 4 is 5.82 Å². The standard InChI is InChI=1S/C16H18FN3O/c1-12-7-16(19-11-18-12)20-5-6-21-15(10-20)9-13-3-2-4-14(17)8-13/h2-4,7-8,11,15H,5-6,9-10H2,1H3/t15-/m0/s1. The maximum absolute atomic E-state index is 13.2.